The van der Waals surface area contributed by atoms with E-state index < -0.39 is 0 Å². The lowest BCUT2D eigenvalue weighted by atomic mass is 9.93. The highest BCUT2D eigenvalue weighted by Gasteiger charge is 2.28. The quantitative estimate of drug-likeness (QED) is 0.835. The molecule has 0 N–H and O–H groups in total. The van der Waals surface area contributed by atoms with Gasteiger partial charge in [-0.25, -0.2) is 0 Å². The topological polar surface area (TPSA) is 37.4 Å². The number of Topliss-reactive ketones (excluding diaryl/α,β-unsaturated/α-hetero) is 1. The Morgan fingerprint density at radius 2 is 2.00 bits per heavy atom. The molecule has 1 atom stereocenters. The molecular formula is C16H21NO2. The van der Waals surface area contributed by atoms with Crippen LogP contribution in [0.5, 0.6) is 0 Å². The number of hydrogen-bond acceptors (Lipinski definition) is 2. The summed E-state index contributed by atoms with van der Waals surface area (Å²) in [6, 6.07) is 8.05. The number of ketones is 1. The molecule has 0 saturated carbocycles. The Kier molecular flexibility index (Phi) is 4.35. The molecule has 0 spiro atoms. The first-order valence-corrected chi connectivity index (χ1v) is 6.96. The van der Waals surface area contributed by atoms with Crippen molar-refractivity contribution in [2.45, 2.75) is 33.1 Å². The number of benzene rings is 1. The maximum Gasteiger partial charge on any atom is 0.227 e. The van der Waals surface area contributed by atoms with Gasteiger partial charge in [-0.2, -0.15) is 0 Å². The van der Waals surface area contributed by atoms with Crippen LogP contribution in [0, 0.1) is 12.8 Å². The maximum atomic E-state index is 12.2. The summed E-state index contributed by atoms with van der Waals surface area (Å²) >= 11 is 0. The predicted molar refractivity (Wildman–Crippen MR) is 74.9 cm³/mol. The number of carbonyl (C=O) groups is 2. The Morgan fingerprint density at radius 3 is 2.63 bits per heavy atom. The highest BCUT2D eigenvalue weighted by atomic mass is 16.2. The molecule has 0 aliphatic carbocycles. The average molecular weight is 259 g/mol. The second kappa shape index (κ2) is 6.00. The number of likely N-dealkylation sites (tertiary alicyclic amines) is 1. The van der Waals surface area contributed by atoms with Crippen LogP contribution < -0.4 is 0 Å². The number of aryl methyl sites for hydroxylation is 1. The number of carbonyl (C=O) groups excluding carboxylic acids is 2. The van der Waals surface area contributed by atoms with Crippen LogP contribution in [0.2, 0.25) is 0 Å². The molecule has 1 aromatic carbocycles. The molecule has 0 radical (unpaired) electrons. The molecule has 1 aliphatic rings. The lowest BCUT2D eigenvalue weighted by Crippen LogP contribution is -2.44. The molecule has 2 rings (SSSR count). The van der Waals surface area contributed by atoms with Crippen molar-refractivity contribution in [3.63, 3.8) is 0 Å². The van der Waals surface area contributed by atoms with Crippen molar-refractivity contribution < 1.29 is 9.59 Å². The van der Waals surface area contributed by atoms with E-state index in [1.807, 2.05) is 43.0 Å². The minimum atomic E-state index is 0.0377. The molecule has 1 fully saturated rings. The molecular weight excluding hydrogens is 238 g/mol. The second-order valence-electron chi connectivity index (χ2n) is 5.32. The molecule has 1 aliphatic heterocycles. The predicted octanol–water partition coefficient (Wildman–Crippen LogP) is 2.37. The lowest BCUT2D eigenvalue weighted by Gasteiger charge is -2.31. The lowest BCUT2D eigenvalue weighted by molar-refractivity contribution is -0.136. The number of nitrogens with zero attached hydrogens (tertiary/aromatic N) is 1. The van der Waals surface area contributed by atoms with Crippen molar-refractivity contribution in [2.75, 3.05) is 13.1 Å². The first kappa shape index (κ1) is 13.8. The van der Waals surface area contributed by atoms with Gasteiger partial charge in [-0.05, 0) is 18.9 Å². The maximum absolute atomic E-state index is 12.2. The van der Waals surface area contributed by atoms with Gasteiger partial charge in [0.1, 0.15) is 5.78 Å². The monoisotopic (exact) mass is 259 g/mol. The van der Waals surface area contributed by atoms with Crippen LogP contribution in [0.1, 0.15) is 30.9 Å². The molecule has 1 unspecified atom stereocenters. The third-order valence-electron chi connectivity index (χ3n) is 3.85. The molecule has 102 valence electrons. The third kappa shape index (κ3) is 3.43. The molecule has 1 amide bonds. The zero-order valence-electron chi connectivity index (χ0n) is 11.7. The molecule has 3 nitrogen and oxygen atoms in total. The van der Waals surface area contributed by atoms with Gasteiger partial charge in [-0.15, -0.1) is 0 Å². The summed E-state index contributed by atoms with van der Waals surface area (Å²) in [6.45, 7) is 5.23. The minimum Gasteiger partial charge on any atom is -0.341 e. The first-order valence-electron chi connectivity index (χ1n) is 6.96. The third-order valence-corrected chi connectivity index (χ3v) is 3.85. The van der Waals surface area contributed by atoms with Gasteiger partial charge in [0.2, 0.25) is 5.91 Å². The Labute approximate surface area is 114 Å². The minimum absolute atomic E-state index is 0.0377. The fraction of sp³-hybridized carbons (Fsp3) is 0.500. The standard InChI is InChI=1S/C16H21NO2/c1-3-14-11-17(9-8-15(14)18)16(19)10-13-6-4-12(2)5-7-13/h4-7,14H,3,8-11H2,1-2H3. The number of rotatable bonds is 3. The van der Waals surface area contributed by atoms with E-state index in [4.69, 9.17) is 0 Å². The zero-order chi connectivity index (χ0) is 13.8. The molecule has 1 saturated heterocycles. The Hall–Kier alpha value is -1.64. The van der Waals surface area contributed by atoms with Crippen LogP contribution in [-0.2, 0) is 16.0 Å². The van der Waals surface area contributed by atoms with E-state index in [2.05, 4.69) is 0 Å². The van der Waals surface area contributed by atoms with Gasteiger partial charge in [0.25, 0.3) is 0 Å². The van der Waals surface area contributed by atoms with Crippen LogP contribution >= 0.6 is 0 Å². The van der Waals surface area contributed by atoms with Gasteiger partial charge in [-0.1, -0.05) is 36.8 Å². The largest absolute Gasteiger partial charge is 0.341 e. The summed E-state index contributed by atoms with van der Waals surface area (Å²) in [5.74, 6) is 0.479. The van der Waals surface area contributed by atoms with E-state index in [0.29, 0.717) is 31.7 Å². The van der Waals surface area contributed by atoms with E-state index in [-0.39, 0.29) is 11.8 Å². The molecule has 19 heavy (non-hydrogen) atoms. The molecule has 1 heterocycles. The molecule has 3 heteroatoms. The van der Waals surface area contributed by atoms with Crippen molar-refractivity contribution in [3.8, 4) is 0 Å². The van der Waals surface area contributed by atoms with Crippen LogP contribution in [0.4, 0.5) is 0 Å². The summed E-state index contributed by atoms with van der Waals surface area (Å²) in [4.78, 5) is 25.7. The number of hydrogen-bond donors (Lipinski definition) is 0. The van der Waals surface area contributed by atoms with Crippen molar-refractivity contribution >= 4 is 11.7 Å². The van der Waals surface area contributed by atoms with E-state index in [0.717, 1.165) is 12.0 Å². The Balaban J connectivity index is 1.96. The highest BCUT2D eigenvalue weighted by Crippen LogP contribution is 2.17. The Morgan fingerprint density at radius 1 is 1.32 bits per heavy atom. The zero-order valence-corrected chi connectivity index (χ0v) is 11.7. The van der Waals surface area contributed by atoms with Gasteiger partial charge < -0.3 is 4.90 Å². The number of piperidine rings is 1. The normalized spacial score (nSPS) is 19.6. The average Bonchev–Trinajstić information content (AvgIpc) is 2.42. The van der Waals surface area contributed by atoms with E-state index in [9.17, 15) is 9.59 Å². The van der Waals surface area contributed by atoms with Gasteiger partial charge in [0, 0.05) is 25.4 Å². The van der Waals surface area contributed by atoms with Gasteiger partial charge in [0.15, 0.2) is 0 Å². The van der Waals surface area contributed by atoms with Crippen LogP contribution in [0.15, 0.2) is 24.3 Å². The van der Waals surface area contributed by atoms with Crippen LogP contribution in [0.25, 0.3) is 0 Å². The van der Waals surface area contributed by atoms with Crippen molar-refractivity contribution in [3.05, 3.63) is 35.4 Å². The highest BCUT2D eigenvalue weighted by molar-refractivity contribution is 5.86. The fourth-order valence-corrected chi connectivity index (χ4v) is 2.48. The second-order valence-corrected chi connectivity index (χ2v) is 5.32. The van der Waals surface area contributed by atoms with Gasteiger partial charge >= 0.3 is 0 Å². The molecule has 0 bridgehead atoms. The summed E-state index contributed by atoms with van der Waals surface area (Å²) < 4.78 is 0. The smallest absolute Gasteiger partial charge is 0.227 e. The van der Waals surface area contributed by atoms with Crippen molar-refractivity contribution in [2.24, 2.45) is 5.92 Å². The van der Waals surface area contributed by atoms with Crippen molar-refractivity contribution in [1.82, 2.24) is 4.90 Å². The van der Waals surface area contributed by atoms with E-state index in [1.54, 1.807) is 0 Å². The summed E-state index contributed by atoms with van der Waals surface area (Å²) in [7, 11) is 0. The Bertz CT molecular complexity index is 464. The van der Waals surface area contributed by atoms with Crippen LogP contribution in [0.3, 0.4) is 0 Å². The summed E-state index contributed by atoms with van der Waals surface area (Å²) in [5.41, 5.74) is 2.24. The molecule has 0 aromatic heterocycles. The summed E-state index contributed by atoms with van der Waals surface area (Å²) in [5, 5.41) is 0. The summed E-state index contributed by atoms with van der Waals surface area (Å²) in [6.07, 6.45) is 1.77. The fourth-order valence-electron chi connectivity index (χ4n) is 2.48. The number of amides is 1. The van der Waals surface area contributed by atoms with Crippen LogP contribution in [-0.4, -0.2) is 29.7 Å². The SMILES string of the molecule is CCC1CN(C(=O)Cc2ccc(C)cc2)CCC1=O. The first-order chi connectivity index (χ1) is 9.10. The van der Waals surface area contributed by atoms with Gasteiger partial charge in [-0.3, -0.25) is 9.59 Å². The van der Waals surface area contributed by atoms with Crippen molar-refractivity contribution in [1.29, 1.82) is 0 Å². The molecule has 1 aromatic rings. The van der Waals surface area contributed by atoms with E-state index in [1.165, 1.54) is 5.56 Å². The van der Waals surface area contributed by atoms with E-state index >= 15 is 0 Å². The van der Waals surface area contributed by atoms with Gasteiger partial charge in [0.05, 0.1) is 6.42 Å².